The third-order valence-corrected chi connectivity index (χ3v) is 6.49. The van der Waals surface area contributed by atoms with Crippen LogP contribution in [-0.4, -0.2) is 46.3 Å². The minimum atomic E-state index is -0.0995. The monoisotopic (exact) mass is 450 g/mol. The molecule has 1 unspecified atom stereocenters. The Bertz CT molecular complexity index is 1110. The maximum atomic E-state index is 13.1. The smallest absolute Gasteiger partial charge is 0.251 e. The van der Waals surface area contributed by atoms with Crippen LogP contribution in [0.15, 0.2) is 49.1 Å². The summed E-state index contributed by atoms with van der Waals surface area (Å²) in [6, 6.07) is 12.2. The molecular formula is C24H27ClN6O. The fourth-order valence-electron chi connectivity index (χ4n) is 4.54. The first-order valence-corrected chi connectivity index (χ1v) is 11.5. The third kappa shape index (κ3) is 4.49. The number of aromatic nitrogens is 3. The molecule has 8 heteroatoms. The van der Waals surface area contributed by atoms with E-state index in [-0.39, 0.29) is 5.91 Å². The molecule has 1 aliphatic carbocycles. The predicted octanol–water partition coefficient (Wildman–Crippen LogP) is 3.35. The first-order chi connectivity index (χ1) is 15.6. The average molecular weight is 451 g/mol. The lowest BCUT2D eigenvalue weighted by atomic mass is 10.0. The van der Waals surface area contributed by atoms with Gasteiger partial charge in [0.05, 0.1) is 5.69 Å². The predicted molar refractivity (Wildman–Crippen MR) is 125 cm³/mol. The number of carbonyl (C=O) groups is 1. The number of nitrogens with one attached hydrogen (secondary N) is 2. The van der Waals surface area contributed by atoms with E-state index >= 15 is 0 Å². The number of hydrogen-bond donors (Lipinski definition) is 2. The van der Waals surface area contributed by atoms with Gasteiger partial charge in [0, 0.05) is 48.5 Å². The van der Waals surface area contributed by atoms with Crippen LogP contribution in [-0.2, 0) is 6.54 Å². The van der Waals surface area contributed by atoms with Crippen molar-refractivity contribution in [3.63, 3.8) is 0 Å². The van der Waals surface area contributed by atoms with Gasteiger partial charge in [-0.05, 0) is 73.2 Å². The van der Waals surface area contributed by atoms with E-state index < -0.39 is 0 Å². The van der Waals surface area contributed by atoms with E-state index in [9.17, 15) is 4.79 Å². The largest absolute Gasteiger partial charge is 0.366 e. The summed E-state index contributed by atoms with van der Waals surface area (Å²) in [5, 5.41) is 11.4. The standard InChI is InChI=1S/C24H27ClN6O/c1-16-8-18(11-21(9-16)30-7-6-26-13-23(30)17-2-3-17)24(32)28-12-19-10-20(25)4-5-22(19)31-15-27-14-29-31/h4-5,8-11,14-15,17,23,26H,2-3,6-7,12-13H2,1H3,(H,28,32). The Labute approximate surface area is 192 Å². The normalized spacial score (nSPS) is 18.6. The molecule has 2 aliphatic rings. The van der Waals surface area contributed by atoms with E-state index in [0.29, 0.717) is 23.2 Å². The van der Waals surface area contributed by atoms with Crippen molar-refractivity contribution >= 4 is 23.2 Å². The molecule has 1 aromatic heterocycles. The van der Waals surface area contributed by atoms with Crippen molar-refractivity contribution in [2.75, 3.05) is 24.5 Å². The number of nitrogens with zero attached hydrogens (tertiary/aromatic N) is 4. The molecule has 1 amide bonds. The van der Waals surface area contributed by atoms with Crippen molar-refractivity contribution in [2.24, 2.45) is 5.92 Å². The summed E-state index contributed by atoms with van der Waals surface area (Å²) >= 11 is 6.21. The number of hydrogen-bond acceptors (Lipinski definition) is 5. The molecule has 2 fully saturated rings. The number of rotatable bonds is 6. The molecule has 3 aromatic rings. The van der Waals surface area contributed by atoms with Gasteiger partial charge in [-0.25, -0.2) is 9.67 Å². The zero-order valence-electron chi connectivity index (χ0n) is 18.1. The number of benzene rings is 2. The van der Waals surface area contributed by atoms with Crippen LogP contribution in [0.5, 0.6) is 0 Å². The molecule has 0 spiro atoms. The summed E-state index contributed by atoms with van der Waals surface area (Å²) in [6.07, 6.45) is 5.72. The minimum Gasteiger partial charge on any atom is -0.366 e. The number of halogens is 1. The van der Waals surface area contributed by atoms with Crippen LogP contribution in [0.2, 0.25) is 5.02 Å². The van der Waals surface area contributed by atoms with Crippen LogP contribution >= 0.6 is 11.6 Å². The van der Waals surface area contributed by atoms with Gasteiger partial charge in [-0.2, -0.15) is 5.10 Å². The second-order valence-electron chi connectivity index (χ2n) is 8.66. The zero-order valence-corrected chi connectivity index (χ0v) is 18.8. The Morgan fingerprint density at radius 1 is 1.25 bits per heavy atom. The van der Waals surface area contributed by atoms with Gasteiger partial charge in [-0.15, -0.1) is 0 Å². The van der Waals surface area contributed by atoms with Crippen molar-refractivity contribution in [3.05, 3.63) is 70.8 Å². The summed E-state index contributed by atoms with van der Waals surface area (Å²) in [5.41, 5.74) is 4.62. The van der Waals surface area contributed by atoms with Crippen molar-refractivity contribution < 1.29 is 4.79 Å². The van der Waals surface area contributed by atoms with Crippen LogP contribution < -0.4 is 15.5 Å². The van der Waals surface area contributed by atoms with Gasteiger partial charge in [-0.3, -0.25) is 4.79 Å². The molecule has 2 aromatic carbocycles. The molecule has 2 heterocycles. The molecule has 1 aliphatic heterocycles. The number of piperazine rings is 1. The first-order valence-electron chi connectivity index (χ1n) is 11.1. The van der Waals surface area contributed by atoms with Gasteiger partial charge >= 0.3 is 0 Å². The fraction of sp³-hybridized carbons (Fsp3) is 0.375. The Morgan fingerprint density at radius 2 is 2.12 bits per heavy atom. The van der Waals surface area contributed by atoms with Gasteiger partial charge in [0.2, 0.25) is 0 Å². The molecule has 7 nitrogen and oxygen atoms in total. The van der Waals surface area contributed by atoms with Crippen molar-refractivity contribution in [3.8, 4) is 5.69 Å². The molecule has 0 radical (unpaired) electrons. The molecule has 1 atom stereocenters. The van der Waals surface area contributed by atoms with Gasteiger partial charge in [0.15, 0.2) is 0 Å². The number of amides is 1. The molecule has 1 saturated carbocycles. The van der Waals surface area contributed by atoms with E-state index in [0.717, 1.165) is 48.1 Å². The van der Waals surface area contributed by atoms with Crippen molar-refractivity contribution in [1.82, 2.24) is 25.4 Å². The van der Waals surface area contributed by atoms with E-state index in [1.165, 1.54) is 19.2 Å². The van der Waals surface area contributed by atoms with E-state index in [4.69, 9.17) is 11.6 Å². The number of carbonyl (C=O) groups excluding carboxylic acids is 1. The number of aryl methyl sites for hydroxylation is 1. The summed E-state index contributed by atoms with van der Waals surface area (Å²) < 4.78 is 1.67. The Kier molecular flexibility index (Phi) is 5.85. The first kappa shape index (κ1) is 21.0. The van der Waals surface area contributed by atoms with E-state index in [1.807, 2.05) is 31.2 Å². The van der Waals surface area contributed by atoms with E-state index in [2.05, 4.69) is 31.7 Å². The van der Waals surface area contributed by atoms with Crippen LogP contribution in [0.1, 0.15) is 34.3 Å². The topological polar surface area (TPSA) is 75.1 Å². The highest BCUT2D eigenvalue weighted by Gasteiger charge is 2.36. The van der Waals surface area contributed by atoms with Crippen LogP contribution in [0.3, 0.4) is 0 Å². The molecular weight excluding hydrogens is 424 g/mol. The highest BCUT2D eigenvalue weighted by molar-refractivity contribution is 6.30. The maximum absolute atomic E-state index is 13.1. The highest BCUT2D eigenvalue weighted by atomic mass is 35.5. The van der Waals surface area contributed by atoms with Crippen molar-refractivity contribution in [1.29, 1.82) is 0 Å². The number of anilines is 1. The highest BCUT2D eigenvalue weighted by Crippen LogP contribution is 2.38. The molecule has 1 saturated heterocycles. The fourth-order valence-corrected chi connectivity index (χ4v) is 4.73. The lowest BCUT2D eigenvalue weighted by Gasteiger charge is -2.38. The molecule has 32 heavy (non-hydrogen) atoms. The summed E-state index contributed by atoms with van der Waals surface area (Å²) in [4.78, 5) is 19.6. The Balaban J connectivity index is 1.35. The molecule has 2 N–H and O–H groups in total. The van der Waals surface area contributed by atoms with Crippen LogP contribution in [0.25, 0.3) is 5.69 Å². The Morgan fingerprint density at radius 3 is 2.91 bits per heavy atom. The van der Waals surface area contributed by atoms with Crippen LogP contribution in [0, 0.1) is 12.8 Å². The van der Waals surface area contributed by atoms with Gasteiger partial charge in [0.1, 0.15) is 12.7 Å². The Hall–Kier alpha value is -2.90. The quantitative estimate of drug-likeness (QED) is 0.602. The SMILES string of the molecule is Cc1cc(C(=O)NCc2cc(Cl)ccc2-n2cncn2)cc(N2CCNCC2C2CC2)c1. The lowest BCUT2D eigenvalue weighted by Crippen LogP contribution is -2.52. The lowest BCUT2D eigenvalue weighted by molar-refractivity contribution is 0.0951. The molecule has 5 rings (SSSR count). The van der Waals surface area contributed by atoms with Gasteiger partial charge < -0.3 is 15.5 Å². The van der Waals surface area contributed by atoms with Crippen molar-refractivity contribution in [2.45, 2.75) is 32.4 Å². The van der Waals surface area contributed by atoms with E-state index in [1.54, 1.807) is 17.1 Å². The minimum absolute atomic E-state index is 0.0995. The molecule has 166 valence electrons. The zero-order chi connectivity index (χ0) is 22.1. The van der Waals surface area contributed by atoms with Crippen LogP contribution in [0.4, 0.5) is 5.69 Å². The summed E-state index contributed by atoms with van der Waals surface area (Å²) in [7, 11) is 0. The van der Waals surface area contributed by atoms with Gasteiger partial charge in [0.25, 0.3) is 5.91 Å². The summed E-state index contributed by atoms with van der Waals surface area (Å²) in [6.45, 7) is 5.35. The van der Waals surface area contributed by atoms with Gasteiger partial charge in [-0.1, -0.05) is 11.6 Å². The second kappa shape index (κ2) is 8.92. The molecule has 0 bridgehead atoms. The average Bonchev–Trinajstić information content (AvgIpc) is 3.51. The summed E-state index contributed by atoms with van der Waals surface area (Å²) in [5.74, 6) is 0.663. The third-order valence-electron chi connectivity index (χ3n) is 6.25. The maximum Gasteiger partial charge on any atom is 0.251 e. The second-order valence-corrected chi connectivity index (χ2v) is 9.09.